The predicted molar refractivity (Wildman–Crippen MR) is 70.5 cm³/mol. The van der Waals surface area contributed by atoms with Crippen LogP contribution in [0.2, 0.25) is 0 Å². The van der Waals surface area contributed by atoms with Gasteiger partial charge in [-0.05, 0) is 25.2 Å². The molecule has 0 amide bonds. The summed E-state index contributed by atoms with van der Waals surface area (Å²) in [6, 6.07) is 0. The highest BCUT2D eigenvalue weighted by atomic mass is 16.4. The van der Waals surface area contributed by atoms with Gasteiger partial charge < -0.3 is 10.2 Å². The summed E-state index contributed by atoms with van der Waals surface area (Å²) in [5.41, 5.74) is 0.157. The van der Waals surface area contributed by atoms with Crippen molar-refractivity contribution in [2.24, 2.45) is 5.92 Å². The lowest BCUT2D eigenvalue weighted by atomic mass is 9.92. The first-order valence-corrected chi connectivity index (χ1v) is 6.62. The molecule has 0 radical (unpaired) electrons. The van der Waals surface area contributed by atoms with Crippen LogP contribution in [0.5, 0.6) is 0 Å². The quantitative estimate of drug-likeness (QED) is 0.489. The Labute approximate surface area is 109 Å². The van der Waals surface area contributed by atoms with Gasteiger partial charge in [-0.3, -0.25) is 0 Å². The number of hydrogen-bond acceptors (Lipinski definition) is 2. The number of carbonyl (C=O) groups is 2. The summed E-state index contributed by atoms with van der Waals surface area (Å²) in [5.74, 6) is -1.99. The molecule has 0 heterocycles. The van der Waals surface area contributed by atoms with Crippen molar-refractivity contribution < 1.29 is 19.8 Å². The minimum atomic E-state index is -1.09. The summed E-state index contributed by atoms with van der Waals surface area (Å²) in [7, 11) is 0. The van der Waals surface area contributed by atoms with Crippen LogP contribution in [0.3, 0.4) is 0 Å². The van der Waals surface area contributed by atoms with Crippen molar-refractivity contribution in [3.8, 4) is 0 Å². The number of aliphatic carboxylic acids is 2. The second-order valence-corrected chi connectivity index (χ2v) is 4.74. The van der Waals surface area contributed by atoms with E-state index in [2.05, 4.69) is 0 Å². The van der Waals surface area contributed by atoms with E-state index in [0.717, 1.165) is 25.7 Å². The molecule has 0 fully saturated rings. The molecule has 0 rings (SSSR count). The highest BCUT2D eigenvalue weighted by Gasteiger charge is 2.21. The molecule has 2 N–H and O–H groups in total. The van der Waals surface area contributed by atoms with Crippen LogP contribution in [0.15, 0.2) is 11.1 Å². The zero-order chi connectivity index (χ0) is 14.1. The Morgan fingerprint density at radius 2 is 1.56 bits per heavy atom. The van der Waals surface area contributed by atoms with Gasteiger partial charge in [0.1, 0.15) is 0 Å². The Balaban J connectivity index is 5.04. The van der Waals surface area contributed by atoms with Crippen LogP contribution in [0.1, 0.15) is 59.3 Å². The summed E-state index contributed by atoms with van der Waals surface area (Å²) in [5, 5.41) is 18.3. The van der Waals surface area contributed by atoms with E-state index in [1.807, 2.05) is 20.8 Å². The summed E-state index contributed by atoms with van der Waals surface area (Å²) in [6.07, 6.45) is 4.17. The first kappa shape index (κ1) is 16.7. The van der Waals surface area contributed by atoms with Crippen LogP contribution in [-0.2, 0) is 9.59 Å². The van der Waals surface area contributed by atoms with Crippen molar-refractivity contribution in [3.63, 3.8) is 0 Å². The number of unbranched alkanes of at least 4 members (excludes halogenated alkanes) is 2. The van der Waals surface area contributed by atoms with Gasteiger partial charge in [0.15, 0.2) is 0 Å². The van der Waals surface area contributed by atoms with E-state index in [9.17, 15) is 14.7 Å². The third-order valence-corrected chi connectivity index (χ3v) is 3.16. The van der Waals surface area contributed by atoms with Crippen LogP contribution >= 0.6 is 0 Å². The fourth-order valence-corrected chi connectivity index (χ4v) is 1.77. The highest BCUT2D eigenvalue weighted by Crippen LogP contribution is 2.22. The normalized spacial score (nSPS) is 13.9. The molecule has 0 bridgehead atoms. The molecule has 0 aliphatic heterocycles. The molecule has 0 aromatic carbocycles. The van der Waals surface area contributed by atoms with Crippen LogP contribution in [0, 0.1) is 5.92 Å². The second kappa shape index (κ2) is 8.72. The average Bonchev–Trinajstić information content (AvgIpc) is 2.31. The Morgan fingerprint density at radius 3 is 1.94 bits per heavy atom. The number of carboxylic acid groups (broad SMARTS) is 2. The smallest absolute Gasteiger partial charge is 0.332 e. The lowest BCUT2D eigenvalue weighted by Crippen LogP contribution is -2.14. The topological polar surface area (TPSA) is 74.6 Å². The number of hydrogen-bond donors (Lipinski definition) is 2. The third kappa shape index (κ3) is 5.84. The van der Waals surface area contributed by atoms with Gasteiger partial charge >= 0.3 is 11.9 Å². The Kier molecular flexibility index (Phi) is 8.08. The number of rotatable bonds is 9. The van der Waals surface area contributed by atoms with Crippen molar-refractivity contribution in [2.75, 3.05) is 0 Å². The summed E-state index contributed by atoms with van der Waals surface area (Å²) in [6.45, 7) is 5.94. The van der Waals surface area contributed by atoms with E-state index in [-0.39, 0.29) is 17.1 Å². The van der Waals surface area contributed by atoms with Crippen molar-refractivity contribution in [3.05, 3.63) is 11.1 Å². The predicted octanol–water partition coefficient (Wildman–Crippen LogP) is 3.47. The highest BCUT2D eigenvalue weighted by molar-refractivity contribution is 5.98. The zero-order valence-electron chi connectivity index (χ0n) is 11.5. The van der Waals surface area contributed by atoms with Crippen molar-refractivity contribution in [1.29, 1.82) is 0 Å². The largest absolute Gasteiger partial charge is 0.478 e. The van der Waals surface area contributed by atoms with Gasteiger partial charge in [-0.1, -0.05) is 40.0 Å². The maximum atomic E-state index is 11.2. The van der Waals surface area contributed by atoms with Crippen LogP contribution in [-0.4, -0.2) is 22.2 Å². The van der Waals surface area contributed by atoms with Gasteiger partial charge in [0.2, 0.25) is 0 Å². The molecular formula is C14H24O4. The van der Waals surface area contributed by atoms with E-state index >= 15 is 0 Å². The number of carboxylic acids is 2. The van der Waals surface area contributed by atoms with E-state index in [1.54, 1.807) is 0 Å². The lowest BCUT2D eigenvalue weighted by molar-refractivity contribution is -0.136. The Hall–Kier alpha value is -1.32. The van der Waals surface area contributed by atoms with Crippen molar-refractivity contribution >= 4 is 11.9 Å². The summed E-state index contributed by atoms with van der Waals surface area (Å²) >= 11 is 0. The molecule has 4 heteroatoms. The Morgan fingerprint density at radius 1 is 1.00 bits per heavy atom. The fourth-order valence-electron chi connectivity index (χ4n) is 1.77. The first-order valence-electron chi connectivity index (χ1n) is 6.62. The Bertz CT molecular complexity index is 318. The molecule has 0 saturated heterocycles. The first-order chi connectivity index (χ1) is 8.43. The fraction of sp³-hybridized carbons (Fsp3) is 0.714. The van der Waals surface area contributed by atoms with E-state index < -0.39 is 11.9 Å². The van der Waals surface area contributed by atoms with Gasteiger partial charge in [0, 0.05) is 11.1 Å². The molecule has 18 heavy (non-hydrogen) atoms. The maximum Gasteiger partial charge on any atom is 0.332 e. The van der Waals surface area contributed by atoms with Crippen molar-refractivity contribution in [1.82, 2.24) is 0 Å². The molecule has 104 valence electrons. The van der Waals surface area contributed by atoms with E-state index in [4.69, 9.17) is 5.11 Å². The third-order valence-electron chi connectivity index (χ3n) is 3.16. The zero-order valence-corrected chi connectivity index (χ0v) is 11.5. The van der Waals surface area contributed by atoms with Crippen molar-refractivity contribution in [2.45, 2.75) is 59.3 Å². The van der Waals surface area contributed by atoms with Crippen LogP contribution < -0.4 is 0 Å². The van der Waals surface area contributed by atoms with Gasteiger partial charge in [-0.25, -0.2) is 9.59 Å². The standard InChI is InChI=1S/C14H24O4/c1-4-6-7-8-11(13(15)16)12(14(17)18)9-10(3)5-2/h10H,4-9H2,1-3H3,(H,15,16)(H,17,18)/b12-11-. The van der Waals surface area contributed by atoms with Crippen LogP contribution in [0.4, 0.5) is 0 Å². The molecule has 4 nitrogen and oxygen atoms in total. The van der Waals surface area contributed by atoms with Gasteiger partial charge in [0.25, 0.3) is 0 Å². The van der Waals surface area contributed by atoms with E-state index in [0.29, 0.717) is 12.8 Å². The monoisotopic (exact) mass is 256 g/mol. The minimum Gasteiger partial charge on any atom is -0.478 e. The molecule has 0 aromatic heterocycles. The van der Waals surface area contributed by atoms with Gasteiger partial charge in [-0.15, -0.1) is 0 Å². The second-order valence-electron chi connectivity index (χ2n) is 4.74. The average molecular weight is 256 g/mol. The molecule has 0 spiro atoms. The molecular weight excluding hydrogens is 232 g/mol. The summed E-state index contributed by atoms with van der Waals surface area (Å²) in [4.78, 5) is 22.4. The van der Waals surface area contributed by atoms with Gasteiger partial charge in [-0.2, -0.15) is 0 Å². The molecule has 1 atom stereocenters. The van der Waals surface area contributed by atoms with Crippen LogP contribution in [0.25, 0.3) is 0 Å². The molecule has 0 aliphatic rings. The molecule has 0 aromatic rings. The van der Waals surface area contributed by atoms with E-state index in [1.165, 1.54) is 0 Å². The maximum absolute atomic E-state index is 11.2. The summed E-state index contributed by atoms with van der Waals surface area (Å²) < 4.78 is 0. The SMILES string of the molecule is CCCCC/C(C(=O)O)=C(\CC(C)CC)C(=O)O. The lowest BCUT2D eigenvalue weighted by Gasteiger charge is -2.12. The molecule has 1 unspecified atom stereocenters. The minimum absolute atomic E-state index is 0.0768. The van der Waals surface area contributed by atoms with Gasteiger partial charge in [0.05, 0.1) is 0 Å². The molecule has 0 saturated carbocycles. The molecule has 0 aliphatic carbocycles.